The number of rotatable bonds is 4. The Labute approximate surface area is 94.0 Å². The quantitative estimate of drug-likeness (QED) is 0.779. The molecule has 15 heavy (non-hydrogen) atoms. The van der Waals surface area contributed by atoms with E-state index in [9.17, 15) is 5.11 Å². The highest BCUT2D eigenvalue weighted by Crippen LogP contribution is 2.33. The van der Waals surface area contributed by atoms with Gasteiger partial charge in [0.25, 0.3) is 0 Å². The average molecular weight is 214 g/mol. The maximum absolute atomic E-state index is 10.2. The first-order valence-corrected chi connectivity index (χ1v) is 6.18. The summed E-state index contributed by atoms with van der Waals surface area (Å²) in [5, 5.41) is 10.2. The molecule has 1 saturated carbocycles. The molecule has 1 fully saturated rings. The second kappa shape index (κ2) is 5.31. The molecule has 0 saturated heterocycles. The summed E-state index contributed by atoms with van der Waals surface area (Å²) >= 11 is 0. The van der Waals surface area contributed by atoms with Crippen LogP contribution in [0, 0.1) is 11.8 Å². The van der Waals surface area contributed by atoms with E-state index < -0.39 is 0 Å². The number of hydrogen-bond donors (Lipinski definition) is 1. The van der Waals surface area contributed by atoms with Crippen molar-refractivity contribution in [1.82, 2.24) is 0 Å². The SMILES string of the molecule is COC(C)(C)CC(O)C1CCCC(C)C1. The van der Waals surface area contributed by atoms with Crippen LogP contribution >= 0.6 is 0 Å². The standard InChI is InChI=1S/C13H26O2/c1-10-6-5-7-11(8-10)12(14)9-13(2,3)15-4/h10-12,14H,5-9H2,1-4H3. The van der Waals surface area contributed by atoms with Gasteiger partial charge in [0.2, 0.25) is 0 Å². The van der Waals surface area contributed by atoms with Crippen molar-refractivity contribution in [2.75, 3.05) is 7.11 Å². The van der Waals surface area contributed by atoms with Crippen molar-refractivity contribution in [3.63, 3.8) is 0 Å². The zero-order valence-corrected chi connectivity index (χ0v) is 10.6. The van der Waals surface area contributed by atoms with Gasteiger partial charge in [0.1, 0.15) is 0 Å². The fourth-order valence-electron chi connectivity index (χ4n) is 2.58. The van der Waals surface area contributed by atoms with Crippen LogP contribution in [0.1, 0.15) is 52.9 Å². The van der Waals surface area contributed by atoms with E-state index >= 15 is 0 Å². The Hall–Kier alpha value is -0.0800. The van der Waals surface area contributed by atoms with Crippen LogP contribution in [-0.4, -0.2) is 23.9 Å². The number of aliphatic hydroxyl groups is 1. The topological polar surface area (TPSA) is 29.5 Å². The van der Waals surface area contributed by atoms with Crippen molar-refractivity contribution in [2.24, 2.45) is 11.8 Å². The van der Waals surface area contributed by atoms with E-state index in [1.807, 2.05) is 13.8 Å². The number of aliphatic hydroxyl groups excluding tert-OH is 1. The van der Waals surface area contributed by atoms with Gasteiger partial charge in [-0.05, 0) is 38.5 Å². The summed E-state index contributed by atoms with van der Waals surface area (Å²) in [7, 11) is 1.72. The molecule has 0 aromatic carbocycles. The molecule has 1 aliphatic rings. The van der Waals surface area contributed by atoms with Crippen molar-refractivity contribution in [3.05, 3.63) is 0 Å². The minimum atomic E-state index is -0.194. The third-order valence-corrected chi connectivity index (χ3v) is 3.77. The smallest absolute Gasteiger partial charge is 0.0647 e. The number of ether oxygens (including phenoxy) is 1. The fourth-order valence-corrected chi connectivity index (χ4v) is 2.58. The fraction of sp³-hybridized carbons (Fsp3) is 1.00. The lowest BCUT2D eigenvalue weighted by molar-refractivity contribution is -0.0415. The second-order valence-corrected chi connectivity index (χ2v) is 5.77. The van der Waals surface area contributed by atoms with Gasteiger partial charge in [0.05, 0.1) is 11.7 Å². The van der Waals surface area contributed by atoms with Gasteiger partial charge >= 0.3 is 0 Å². The minimum Gasteiger partial charge on any atom is -0.393 e. The first-order chi connectivity index (χ1) is 6.94. The third-order valence-electron chi connectivity index (χ3n) is 3.77. The van der Waals surface area contributed by atoms with Gasteiger partial charge in [-0.25, -0.2) is 0 Å². The van der Waals surface area contributed by atoms with Gasteiger partial charge in [-0.2, -0.15) is 0 Å². The van der Waals surface area contributed by atoms with E-state index in [1.54, 1.807) is 7.11 Å². The Bertz CT molecular complexity index is 189. The molecule has 1 rings (SSSR count). The van der Waals surface area contributed by atoms with Crippen LogP contribution in [0.3, 0.4) is 0 Å². The largest absolute Gasteiger partial charge is 0.393 e. The van der Waals surface area contributed by atoms with Crippen molar-refractivity contribution >= 4 is 0 Å². The number of methoxy groups -OCH3 is 1. The van der Waals surface area contributed by atoms with Crippen LogP contribution in [0.15, 0.2) is 0 Å². The van der Waals surface area contributed by atoms with Crippen LogP contribution in [0.5, 0.6) is 0 Å². The second-order valence-electron chi connectivity index (χ2n) is 5.77. The van der Waals surface area contributed by atoms with Crippen LogP contribution in [0.2, 0.25) is 0 Å². The van der Waals surface area contributed by atoms with E-state index in [4.69, 9.17) is 4.74 Å². The zero-order valence-electron chi connectivity index (χ0n) is 10.6. The molecule has 0 spiro atoms. The summed E-state index contributed by atoms with van der Waals surface area (Å²) in [5.41, 5.74) is -0.194. The monoisotopic (exact) mass is 214 g/mol. The molecule has 1 aliphatic carbocycles. The predicted molar refractivity (Wildman–Crippen MR) is 62.8 cm³/mol. The van der Waals surface area contributed by atoms with Crippen LogP contribution < -0.4 is 0 Å². The molecule has 90 valence electrons. The van der Waals surface area contributed by atoms with E-state index in [0.717, 1.165) is 12.3 Å². The summed E-state index contributed by atoms with van der Waals surface area (Å²) in [6.07, 6.45) is 5.53. The number of hydrogen-bond acceptors (Lipinski definition) is 2. The average Bonchev–Trinajstić information content (AvgIpc) is 2.17. The molecule has 0 aromatic heterocycles. The molecule has 2 nitrogen and oxygen atoms in total. The van der Waals surface area contributed by atoms with Gasteiger partial charge in [-0.15, -0.1) is 0 Å². The van der Waals surface area contributed by atoms with E-state index in [1.165, 1.54) is 25.7 Å². The molecule has 3 atom stereocenters. The Kier molecular flexibility index (Phi) is 4.60. The zero-order chi connectivity index (χ0) is 11.5. The van der Waals surface area contributed by atoms with E-state index in [0.29, 0.717) is 5.92 Å². The summed E-state index contributed by atoms with van der Waals surface area (Å²) in [5.74, 6) is 1.27. The first-order valence-electron chi connectivity index (χ1n) is 6.18. The molecule has 2 heteroatoms. The molecule has 1 N–H and O–H groups in total. The highest BCUT2D eigenvalue weighted by molar-refractivity contribution is 4.81. The van der Waals surface area contributed by atoms with Crippen LogP contribution in [0.25, 0.3) is 0 Å². The van der Waals surface area contributed by atoms with Gasteiger partial charge in [-0.1, -0.05) is 19.8 Å². The van der Waals surface area contributed by atoms with Crippen molar-refractivity contribution in [1.29, 1.82) is 0 Å². The molecule has 0 radical (unpaired) electrons. The molecule has 0 aromatic rings. The molecular formula is C13H26O2. The highest BCUT2D eigenvalue weighted by Gasteiger charge is 2.30. The lowest BCUT2D eigenvalue weighted by atomic mass is 9.77. The lowest BCUT2D eigenvalue weighted by Crippen LogP contribution is -2.34. The van der Waals surface area contributed by atoms with Gasteiger partial charge in [-0.3, -0.25) is 0 Å². The Morgan fingerprint density at radius 2 is 2.07 bits per heavy atom. The third kappa shape index (κ3) is 4.12. The van der Waals surface area contributed by atoms with Crippen molar-refractivity contribution in [3.8, 4) is 0 Å². The minimum absolute atomic E-state index is 0.192. The van der Waals surface area contributed by atoms with E-state index in [-0.39, 0.29) is 11.7 Å². The van der Waals surface area contributed by atoms with Crippen molar-refractivity contribution < 1.29 is 9.84 Å². The summed E-state index contributed by atoms with van der Waals surface area (Å²) in [6.45, 7) is 6.38. The molecule has 0 amide bonds. The van der Waals surface area contributed by atoms with Gasteiger partial charge in [0, 0.05) is 13.5 Å². The molecule has 0 bridgehead atoms. The Morgan fingerprint density at radius 1 is 1.40 bits per heavy atom. The Morgan fingerprint density at radius 3 is 2.60 bits per heavy atom. The van der Waals surface area contributed by atoms with Crippen molar-refractivity contribution in [2.45, 2.75) is 64.6 Å². The Balaban J connectivity index is 2.42. The summed E-state index contributed by atoms with van der Waals surface area (Å²) < 4.78 is 5.37. The lowest BCUT2D eigenvalue weighted by Gasteiger charge is -2.34. The molecule has 0 heterocycles. The van der Waals surface area contributed by atoms with E-state index in [2.05, 4.69) is 6.92 Å². The molecule has 0 aliphatic heterocycles. The highest BCUT2D eigenvalue weighted by atomic mass is 16.5. The molecular weight excluding hydrogens is 188 g/mol. The van der Waals surface area contributed by atoms with Crippen LogP contribution in [-0.2, 0) is 4.74 Å². The summed E-state index contributed by atoms with van der Waals surface area (Å²) in [4.78, 5) is 0. The van der Waals surface area contributed by atoms with Gasteiger partial charge < -0.3 is 9.84 Å². The van der Waals surface area contributed by atoms with Crippen LogP contribution in [0.4, 0.5) is 0 Å². The maximum Gasteiger partial charge on any atom is 0.0647 e. The molecule has 3 unspecified atom stereocenters. The summed E-state index contributed by atoms with van der Waals surface area (Å²) in [6, 6.07) is 0. The maximum atomic E-state index is 10.2. The predicted octanol–water partition coefficient (Wildman–Crippen LogP) is 2.99. The first kappa shape index (κ1) is 13.0. The van der Waals surface area contributed by atoms with Gasteiger partial charge in [0.15, 0.2) is 0 Å². The normalized spacial score (nSPS) is 30.2.